The molecule has 0 spiro atoms. The molecule has 0 aromatic heterocycles. The minimum atomic E-state index is 1.08. The number of allylic oxidation sites excluding steroid dienone is 4. The summed E-state index contributed by atoms with van der Waals surface area (Å²) in [7, 11) is 0. The SMILES string of the molecule is CCC1=CC=C(c2cc(-c3ccc(C)cc3)cc(-c3cc(C)cc4c(-c5cc(-c6ccc(C)cc6)cc(-c6ccc(C)cc6)c5)cc(C)cc34)c2)CC1. The Morgan fingerprint density at radius 1 is 0.340 bits per heavy atom. The Hall–Kier alpha value is -5.72. The number of fused-ring (bicyclic) bond motifs is 1. The fourth-order valence-corrected chi connectivity index (χ4v) is 7.93. The predicted molar refractivity (Wildman–Crippen MR) is 230 cm³/mol. The highest BCUT2D eigenvalue weighted by Gasteiger charge is 2.17. The molecule has 0 heteroatoms. The Kier molecular flexibility index (Phi) is 9.31. The average molecular weight is 685 g/mol. The van der Waals surface area contributed by atoms with Crippen molar-refractivity contribution in [3.8, 4) is 55.6 Å². The van der Waals surface area contributed by atoms with E-state index in [9.17, 15) is 0 Å². The van der Waals surface area contributed by atoms with Gasteiger partial charge in [0.05, 0.1) is 0 Å². The first kappa shape index (κ1) is 34.4. The number of aryl methyl sites for hydroxylation is 5. The molecule has 7 aromatic carbocycles. The normalized spacial score (nSPS) is 12.9. The van der Waals surface area contributed by atoms with Gasteiger partial charge >= 0.3 is 0 Å². The van der Waals surface area contributed by atoms with Crippen LogP contribution in [0.25, 0.3) is 72.0 Å². The highest BCUT2D eigenvalue weighted by molar-refractivity contribution is 6.06. The van der Waals surface area contributed by atoms with E-state index >= 15 is 0 Å². The lowest BCUT2D eigenvalue weighted by molar-refractivity contribution is 0.906. The van der Waals surface area contributed by atoms with Crippen LogP contribution in [0.1, 0.15) is 59.6 Å². The lowest BCUT2D eigenvalue weighted by atomic mass is 9.85. The van der Waals surface area contributed by atoms with E-state index < -0.39 is 0 Å². The standard InChI is InChI=1S/C53H48/c1-7-39-14-22-43(23-15-39)47-29-46(42-20-12-36(4)13-21-42)32-49(33-47)51-25-38(6)26-52-50(24-37(5)27-53(51)52)48-30-44(40-16-8-34(2)9-17-40)28-45(31-48)41-18-10-35(3)11-19-41/h8-14,16-22,24-33H,7,15,23H2,1-6H3. The Labute approximate surface area is 316 Å². The number of hydrogen-bond donors (Lipinski definition) is 0. The van der Waals surface area contributed by atoms with Crippen molar-refractivity contribution in [1.29, 1.82) is 0 Å². The van der Waals surface area contributed by atoms with Crippen LogP contribution in [0.2, 0.25) is 0 Å². The van der Waals surface area contributed by atoms with Crippen LogP contribution < -0.4 is 0 Å². The molecule has 0 radical (unpaired) electrons. The monoisotopic (exact) mass is 684 g/mol. The van der Waals surface area contributed by atoms with Gasteiger partial charge in [0.15, 0.2) is 0 Å². The Morgan fingerprint density at radius 2 is 0.717 bits per heavy atom. The van der Waals surface area contributed by atoms with Crippen LogP contribution in [0.3, 0.4) is 0 Å². The molecule has 0 saturated heterocycles. The van der Waals surface area contributed by atoms with Gasteiger partial charge in [-0.15, -0.1) is 0 Å². The second kappa shape index (κ2) is 14.4. The van der Waals surface area contributed by atoms with Gasteiger partial charge in [0.2, 0.25) is 0 Å². The fourth-order valence-electron chi connectivity index (χ4n) is 7.93. The average Bonchev–Trinajstić information content (AvgIpc) is 3.18. The van der Waals surface area contributed by atoms with E-state index in [2.05, 4.69) is 187 Å². The van der Waals surface area contributed by atoms with Crippen molar-refractivity contribution in [2.75, 3.05) is 0 Å². The zero-order chi connectivity index (χ0) is 36.6. The quantitative estimate of drug-likeness (QED) is 0.157. The molecule has 0 bridgehead atoms. The van der Waals surface area contributed by atoms with E-state index in [0.717, 1.165) is 19.3 Å². The molecule has 0 heterocycles. The molecule has 53 heavy (non-hydrogen) atoms. The smallest absolute Gasteiger partial charge is 0.00963 e. The second-order valence-electron chi connectivity index (χ2n) is 15.3. The van der Waals surface area contributed by atoms with E-state index in [4.69, 9.17) is 0 Å². The first-order valence-corrected chi connectivity index (χ1v) is 19.2. The van der Waals surface area contributed by atoms with Gasteiger partial charge in [0.1, 0.15) is 0 Å². The maximum atomic E-state index is 2.44. The van der Waals surface area contributed by atoms with Gasteiger partial charge in [0.25, 0.3) is 0 Å². The van der Waals surface area contributed by atoms with Crippen molar-refractivity contribution in [2.24, 2.45) is 0 Å². The number of benzene rings is 7. The molecule has 8 rings (SSSR count). The van der Waals surface area contributed by atoms with Crippen molar-refractivity contribution in [3.05, 3.63) is 185 Å². The molecular formula is C53H48. The summed E-state index contributed by atoms with van der Waals surface area (Å²) in [5.41, 5.74) is 23.1. The predicted octanol–water partition coefficient (Wildman–Crippen LogP) is 15.2. The number of hydrogen-bond acceptors (Lipinski definition) is 0. The largest absolute Gasteiger partial charge is 0.0701 e. The molecule has 0 unspecified atom stereocenters. The Bertz CT molecular complexity index is 2470. The van der Waals surface area contributed by atoms with Crippen LogP contribution in [0.15, 0.2) is 151 Å². The summed E-state index contributed by atoms with van der Waals surface area (Å²) < 4.78 is 0. The van der Waals surface area contributed by atoms with E-state index in [0.29, 0.717) is 0 Å². The minimum absolute atomic E-state index is 1.08. The summed E-state index contributed by atoms with van der Waals surface area (Å²) in [6.45, 7) is 13.2. The topological polar surface area (TPSA) is 0 Å². The molecular weight excluding hydrogens is 637 g/mol. The van der Waals surface area contributed by atoms with Crippen molar-refractivity contribution >= 4 is 16.3 Å². The maximum Gasteiger partial charge on any atom is -0.00963 e. The highest BCUT2D eigenvalue weighted by Crippen LogP contribution is 2.42. The molecule has 7 aromatic rings. The third-order valence-corrected chi connectivity index (χ3v) is 11.1. The van der Waals surface area contributed by atoms with Gasteiger partial charge in [-0.1, -0.05) is 138 Å². The zero-order valence-electron chi connectivity index (χ0n) is 32.0. The van der Waals surface area contributed by atoms with Crippen LogP contribution in [-0.2, 0) is 0 Å². The molecule has 260 valence electrons. The van der Waals surface area contributed by atoms with Crippen LogP contribution in [0.5, 0.6) is 0 Å². The molecule has 0 amide bonds. The lowest BCUT2D eigenvalue weighted by Crippen LogP contribution is -1.96. The number of rotatable bonds is 7. The molecule has 0 aliphatic heterocycles. The molecule has 0 N–H and O–H groups in total. The summed E-state index contributed by atoms with van der Waals surface area (Å²) in [4.78, 5) is 0. The molecule has 0 atom stereocenters. The van der Waals surface area contributed by atoms with E-state index in [-0.39, 0.29) is 0 Å². The van der Waals surface area contributed by atoms with Gasteiger partial charge in [-0.3, -0.25) is 0 Å². The van der Waals surface area contributed by atoms with Crippen LogP contribution in [0.4, 0.5) is 0 Å². The Morgan fingerprint density at radius 3 is 1.09 bits per heavy atom. The molecule has 1 aliphatic rings. The van der Waals surface area contributed by atoms with Gasteiger partial charge < -0.3 is 0 Å². The molecule has 1 aliphatic carbocycles. The minimum Gasteiger partial charge on any atom is -0.0701 e. The lowest BCUT2D eigenvalue weighted by Gasteiger charge is -2.19. The van der Waals surface area contributed by atoms with E-state index in [1.54, 1.807) is 0 Å². The summed E-state index contributed by atoms with van der Waals surface area (Å²) in [5.74, 6) is 0. The summed E-state index contributed by atoms with van der Waals surface area (Å²) in [5, 5.41) is 2.58. The van der Waals surface area contributed by atoms with Crippen molar-refractivity contribution in [1.82, 2.24) is 0 Å². The highest BCUT2D eigenvalue weighted by atomic mass is 14.2. The molecule has 0 saturated carbocycles. The summed E-state index contributed by atoms with van der Waals surface area (Å²) in [6.07, 6.45) is 8.05. The van der Waals surface area contributed by atoms with Crippen molar-refractivity contribution in [3.63, 3.8) is 0 Å². The summed E-state index contributed by atoms with van der Waals surface area (Å²) >= 11 is 0. The maximum absolute atomic E-state index is 2.44. The van der Waals surface area contributed by atoms with Gasteiger partial charge in [-0.25, -0.2) is 0 Å². The van der Waals surface area contributed by atoms with E-state index in [1.165, 1.54) is 111 Å². The van der Waals surface area contributed by atoms with Gasteiger partial charge in [-0.2, -0.15) is 0 Å². The molecule has 0 nitrogen and oxygen atoms in total. The van der Waals surface area contributed by atoms with E-state index in [1.807, 2.05) is 0 Å². The zero-order valence-corrected chi connectivity index (χ0v) is 32.0. The van der Waals surface area contributed by atoms with Crippen molar-refractivity contribution in [2.45, 2.75) is 60.8 Å². The van der Waals surface area contributed by atoms with Crippen LogP contribution >= 0.6 is 0 Å². The van der Waals surface area contributed by atoms with Crippen molar-refractivity contribution < 1.29 is 0 Å². The fraction of sp³-hybridized carbons (Fsp3) is 0.170. The van der Waals surface area contributed by atoms with Gasteiger partial charge in [0, 0.05) is 0 Å². The van der Waals surface area contributed by atoms with Crippen LogP contribution in [-0.4, -0.2) is 0 Å². The Balaban J connectivity index is 1.35. The van der Waals surface area contributed by atoms with Crippen LogP contribution in [0, 0.1) is 34.6 Å². The first-order chi connectivity index (χ1) is 25.7. The summed E-state index contributed by atoms with van der Waals surface area (Å²) in [6, 6.07) is 50.8. The molecule has 0 fully saturated rings. The second-order valence-corrected chi connectivity index (χ2v) is 15.3. The van der Waals surface area contributed by atoms with Gasteiger partial charge in [-0.05, 0) is 179 Å². The first-order valence-electron chi connectivity index (χ1n) is 19.2. The third-order valence-electron chi connectivity index (χ3n) is 11.1. The third kappa shape index (κ3) is 7.20.